The summed E-state index contributed by atoms with van der Waals surface area (Å²) in [6.07, 6.45) is 6.44. The Morgan fingerprint density at radius 2 is 1.67 bits per heavy atom. The van der Waals surface area contributed by atoms with Crippen molar-refractivity contribution in [1.82, 2.24) is 5.32 Å². The van der Waals surface area contributed by atoms with Gasteiger partial charge >= 0.3 is 0 Å². The number of hydrogen-bond acceptors (Lipinski definition) is 3. The first-order chi connectivity index (χ1) is 8.44. The zero-order valence-corrected chi connectivity index (χ0v) is 13.4. The zero-order chi connectivity index (χ0) is 14.0. The van der Waals surface area contributed by atoms with Crippen molar-refractivity contribution < 1.29 is 8.42 Å². The third-order valence-corrected chi connectivity index (χ3v) is 5.56. The fourth-order valence-corrected chi connectivity index (χ4v) is 3.05. The molecule has 0 fully saturated rings. The Hall–Kier alpha value is -0.0900. The molecule has 1 N–H and O–H groups in total. The fraction of sp³-hybridized carbons (Fsp3) is 1.00. The maximum absolute atomic E-state index is 11.7. The minimum Gasteiger partial charge on any atom is -0.314 e. The van der Waals surface area contributed by atoms with Gasteiger partial charge in [0, 0.05) is 6.04 Å². The third kappa shape index (κ3) is 8.09. The molecule has 1 unspecified atom stereocenters. The van der Waals surface area contributed by atoms with Crippen LogP contribution >= 0.6 is 0 Å². The molecule has 0 radical (unpaired) electrons. The molecule has 0 heterocycles. The Morgan fingerprint density at radius 3 is 2.17 bits per heavy atom. The molecule has 0 spiro atoms. The lowest BCUT2D eigenvalue weighted by molar-refractivity contribution is 0.435. The molecule has 4 heteroatoms. The largest absolute Gasteiger partial charge is 0.314 e. The molecule has 18 heavy (non-hydrogen) atoms. The van der Waals surface area contributed by atoms with Gasteiger partial charge in [0.25, 0.3) is 0 Å². The van der Waals surface area contributed by atoms with Crippen LogP contribution in [0, 0.1) is 0 Å². The van der Waals surface area contributed by atoms with Crippen LogP contribution in [0.2, 0.25) is 0 Å². The van der Waals surface area contributed by atoms with E-state index >= 15 is 0 Å². The van der Waals surface area contributed by atoms with Gasteiger partial charge in [-0.05, 0) is 46.1 Å². The van der Waals surface area contributed by atoms with E-state index in [2.05, 4.69) is 19.2 Å². The van der Waals surface area contributed by atoms with Gasteiger partial charge in [0.2, 0.25) is 0 Å². The molecule has 0 aliphatic rings. The highest BCUT2D eigenvalue weighted by atomic mass is 32.2. The minimum atomic E-state index is -2.85. The molecular formula is C14H31NO2S. The van der Waals surface area contributed by atoms with Gasteiger partial charge in [-0.25, -0.2) is 8.42 Å². The van der Waals surface area contributed by atoms with Crippen LogP contribution in [0.15, 0.2) is 0 Å². The summed E-state index contributed by atoms with van der Waals surface area (Å²) in [7, 11) is -2.85. The van der Waals surface area contributed by atoms with Gasteiger partial charge in [-0.3, -0.25) is 0 Å². The van der Waals surface area contributed by atoms with Gasteiger partial charge in [0.05, 0.1) is 11.0 Å². The maximum Gasteiger partial charge on any atom is 0.152 e. The van der Waals surface area contributed by atoms with E-state index in [1.165, 1.54) is 12.8 Å². The summed E-state index contributed by atoms with van der Waals surface area (Å²) in [5.74, 6) is 0.345. The number of unbranched alkanes of at least 4 members (excludes halogenated alkanes) is 1. The summed E-state index contributed by atoms with van der Waals surface area (Å²) < 4.78 is 23.3. The molecule has 0 saturated heterocycles. The zero-order valence-electron chi connectivity index (χ0n) is 12.5. The highest BCUT2D eigenvalue weighted by Gasteiger charge is 2.15. The summed E-state index contributed by atoms with van der Waals surface area (Å²) in [5, 5.41) is 3.31. The molecule has 0 aromatic rings. The lowest BCUT2D eigenvalue weighted by atomic mass is 10.1. The smallest absolute Gasteiger partial charge is 0.152 e. The molecule has 0 bridgehead atoms. The number of sulfone groups is 1. The van der Waals surface area contributed by atoms with E-state index in [1.807, 2.05) is 0 Å². The van der Waals surface area contributed by atoms with Gasteiger partial charge in [-0.1, -0.05) is 26.7 Å². The first-order valence-electron chi connectivity index (χ1n) is 7.39. The summed E-state index contributed by atoms with van der Waals surface area (Å²) in [6, 6.07) is 0.566. The van der Waals surface area contributed by atoms with Crippen LogP contribution in [0.3, 0.4) is 0 Å². The van der Waals surface area contributed by atoms with E-state index in [0.29, 0.717) is 11.8 Å². The summed E-state index contributed by atoms with van der Waals surface area (Å²) in [4.78, 5) is 0. The van der Waals surface area contributed by atoms with Crippen LogP contribution in [-0.4, -0.2) is 32.0 Å². The third-order valence-electron chi connectivity index (χ3n) is 3.27. The first kappa shape index (κ1) is 17.9. The average Bonchev–Trinajstić information content (AvgIpc) is 2.31. The fourth-order valence-electron chi connectivity index (χ4n) is 1.98. The van der Waals surface area contributed by atoms with Crippen LogP contribution in [0.5, 0.6) is 0 Å². The number of hydrogen-bond donors (Lipinski definition) is 1. The lowest BCUT2D eigenvalue weighted by Crippen LogP contribution is -2.29. The van der Waals surface area contributed by atoms with Crippen molar-refractivity contribution in [3.8, 4) is 0 Å². The lowest BCUT2D eigenvalue weighted by Gasteiger charge is -2.17. The highest BCUT2D eigenvalue weighted by molar-refractivity contribution is 7.91. The Balaban J connectivity index is 3.85. The standard InChI is InChI=1S/C14H31NO2S/c1-5-9-14(15-11-6-2)10-7-8-12-18(16,17)13(3)4/h13-15H,5-12H2,1-4H3. The molecule has 3 nitrogen and oxygen atoms in total. The normalized spacial score (nSPS) is 14.1. The molecule has 0 aromatic heterocycles. The Morgan fingerprint density at radius 1 is 1.00 bits per heavy atom. The van der Waals surface area contributed by atoms with Crippen LogP contribution in [0.4, 0.5) is 0 Å². The predicted molar refractivity (Wildman–Crippen MR) is 79.8 cm³/mol. The van der Waals surface area contributed by atoms with Gasteiger partial charge in [-0.15, -0.1) is 0 Å². The second-order valence-corrected chi connectivity index (χ2v) is 8.03. The quantitative estimate of drug-likeness (QED) is 0.590. The number of nitrogens with one attached hydrogen (secondary N) is 1. The highest BCUT2D eigenvalue weighted by Crippen LogP contribution is 2.10. The van der Waals surface area contributed by atoms with Crippen molar-refractivity contribution in [2.45, 2.75) is 77.5 Å². The van der Waals surface area contributed by atoms with E-state index in [4.69, 9.17) is 0 Å². The summed E-state index contributed by atoms with van der Waals surface area (Å²) >= 11 is 0. The molecule has 0 rings (SSSR count). The average molecular weight is 277 g/mol. The first-order valence-corrected chi connectivity index (χ1v) is 9.10. The SMILES string of the molecule is CCCNC(CCC)CCCCS(=O)(=O)C(C)C. The number of rotatable bonds is 11. The van der Waals surface area contributed by atoms with Crippen LogP contribution in [0.25, 0.3) is 0 Å². The Bertz CT molecular complexity index is 286. The van der Waals surface area contributed by atoms with Crippen molar-refractivity contribution in [2.75, 3.05) is 12.3 Å². The van der Waals surface area contributed by atoms with E-state index in [1.54, 1.807) is 13.8 Å². The van der Waals surface area contributed by atoms with Crippen LogP contribution < -0.4 is 5.32 Å². The molecule has 0 saturated carbocycles. The molecule has 0 aromatic carbocycles. The Kier molecular flexibility index (Phi) is 9.74. The molecule has 0 aliphatic heterocycles. The second kappa shape index (κ2) is 9.79. The van der Waals surface area contributed by atoms with Gasteiger partial charge in [0.1, 0.15) is 0 Å². The van der Waals surface area contributed by atoms with Crippen molar-refractivity contribution in [1.29, 1.82) is 0 Å². The molecule has 110 valence electrons. The second-order valence-electron chi connectivity index (χ2n) is 5.35. The topological polar surface area (TPSA) is 46.2 Å². The minimum absolute atomic E-state index is 0.234. The van der Waals surface area contributed by atoms with Gasteiger partial charge in [-0.2, -0.15) is 0 Å². The van der Waals surface area contributed by atoms with Crippen molar-refractivity contribution in [3.05, 3.63) is 0 Å². The summed E-state index contributed by atoms with van der Waals surface area (Å²) in [5.41, 5.74) is 0. The van der Waals surface area contributed by atoms with Crippen LogP contribution in [0.1, 0.15) is 66.2 Å². The molecule has 1 atom stereocenters. The van der Waals surface area contributed by atoms with Gasteiger partial charge < -0.3 is 5.32 Å². The van der Waals surface area contributed by atoms with E-state index in [9.17, 15) is 8.42 Å². The van der Waals surface area contributed by atoms with Crippen molar-refractivity contribution >= 4 is 9.84 Å². The summed E-state index contributed by atoms with van der Waals surface area (Å²) in [6.45, 7) is 8.96. The van der Waals surface area contributed by atoms with Crippen molar-refractivity contribution in [2.24, 2.45) is 0 Å². The van der Waals surface area contributed by atoms with Crippen molar-refractivity contribution in [3.63, 3.8) is 0 Å². The Labute approximate surface area is 114 Å². The van der Waals surface area contributed by atoms with E-state index in [-0.39, 0.29) is 5.25 Å². The predicted octanol–water partition coefficient (Wildman–Crippen LogP) is 3.15. The van der Waals surface area contributed by atoms with Crippen LogP contribution in [-0.2, 0) is 9.84 Å². The monoisotopic (exact) mass is 277 g/mol. The molecule has 0 amide bonds. The molecular weight excluding hydrogens is 246 g/mol. The molecule has 0 aliphatic carbocycles. The maximum atomic E-state index is 11.7. The van der Waals surface area contributed by atoms with E-state index < -0.39 is 9.84 Å². The van der Waals surface area contributed by atoms with E-state index in [0.717, 1.165) is 32.2 Å². The van der Waals surface area contributed by atoms with Gasteiger partial charge in [0.15, 0.2) is 9.84 Å².